The Bertz CT molecular complexity index is 479. The molecule has 1 unspecified atom stereocenters. The first-order valence-electron chi connectivity index (χ1n) is 5.98. The molecular formula is C14H18N4. The van der Waals surface area contributed by atoms with Crippen LogP contribution in [0.1, 0.15) is 24.1 Å². The number of aromatic nitrogens is 2. The van der Waals surface area contributed by atoms with Crippen LogP contribution < -0.4 is 10.6 Å². The van der Waals surface area contributed by atoms with Crippen LogP contribution in [0.5, 0.6) is 0 Å². The maximum absolute atomic E-state index is 5.80. The second-order valence-corrected chi connectivity index (χ2v) is 4.45. The molecule has 18 heavy (non-hydrogen) atoms. The van der Waals surface area contributed by atoms with E-state index in [1.807, 2.05) is 44.4 Å². The Morgan fingerprint density at radius 1 is 1.22 bits per heavy atom. The zero-order chi connectivity index (χ0) is 13.0. The van der Waals surface area contributed by atoms with E-state index in [2.05, 4.69) is 14.9 Å². The van der Waals surface area contributed by atoms with E-state index >= 15 is 0 Å². The minimum Gasteiger partial charge on any atom is -0.355 e. The molecule has 2 aromatic rings. The van der Waals surface area contributed by atoms with E-state index < -0.39 is 0 Å². The largest absolute Gasteiger partial charge is 0.355 e. The number of anilines is 1. The monoisotopic (exact) mass is 242 g/mol. The molecule has 0 fully saturated rings. The predicted octanol–water partition coefficient (Wildman–Crippen LogP) is 2.13. The summed E-state index contributed by atoms with van der Waals surface area (Å²) in [5, 5.41) is 0. The first-order chi connectivity index (χ1) is 8.66. The summed E-state index contributed by atoms with van der Waals surface area (Å²) in [6.07, 6.45) is 5.44. The second-order valence-electron chi connectivity index (χ2n) is 4.45. The lowest BCUT2D eigenvalue weighted by Crippen LogP contribution is -2.18. The minimum atomic E-state index is 0.0250. The summed E-state index contributed by atoms with van der Waals surface area (Å²) in [4.78, 5) is 10.5. The van der Waals surface area contributed by atoms with Crippen LogP contribution in [-0.2, 0) is 6.54 Å². The standard InChI is InChI=1S/C14H18N4/c1-11(15)13-3-4-14(17-9-13)18(2)10-12-5-7-16-8-6-12/h3-9,11H,10,15H2,1-2H3. The van der Waals surface area contributed by atoms with Gasteiger partial charge in [-0.15, -0.1) is 0 Å². The molecule has 2 rings (SSSR count). The van der Waals surface area contributed by atoms with Crippen molar-refractivity contribution in [3.05, 3.63) is 54.0 Å². The van der Waals surface area contributed by atoms with Gasteiger partial charge >= 0.3 is 0 Å². The van der Waals surface area contributed by atoms with Crippen LogP contribution in [0.3, 0.4) is 0 Å². The van der Waals surface area contributed by atoms with Crippen molar-refractivity contribution < 1.29 is 0 Å². The van der Waals surface area contributed by atoms with E-state index in [-0.39, 0.29) is 6.04 Å². The molecule has 0 aliphatic rings. The third-order valence-corrected chi connectivity index (χ3v) is 2.86. The molecule has 0 radical (unpaired) electrons. The van der Waals surface area contributed by atoms with Crippen LogP contribution in [-0.4, -0.2) is 17.0 Å². The summed E-state index contributed by atoms with van der Waals surface area (Å²) in [5.41, 5.74) is 8.07. The Balaban J connectivity index is 2.07. The fourth-order valence-electron chi connectivity index (χ4n) is 1.74. The van der Waals surface area contributed by atoms with Crippen molar-refractivity contribution >= 4 is 5.82 Å². The summed E-state index contributed by atoms with van der Waals surface area (Å²) in [7, 11) is 2.02. The molecular weight excluding hydrogens is 224 g/mol. The predicted molar refractivity (Wildman–Crippen MR) is 73.2 cm³/mol. The molecule has 0 aliphatic carbocycles. The Labute approximate surface area is 107 Å². The van der Waals surface area contributed by atoms with Gasteiger partial charge in [0.1, 0.15) is 5.82 Å². The van der Waals surface area contributed by atoms with Gasteiger partial charge in [0.15, 0.2) is 0 Å². The Hall–Kier alpha value is -1.94. The number of hydrogen-bond donors (Lipinski definition) is 1. The van der Waals surface area contributed by atoms with Crippen molar-refractivity contribution in [1.82, 2.24) is 9.97 Å². The Morgan fingerprint density at radius 2 is 1.94 bits per heavy atom. The van der Waals surface area contributed by atoms with Gasteiger partial charge in [0.05, 0.1) is 0 Å². The zero-order valence-electron chi connectivity index (χ0n) is 10.7. The molecule has 0 bridgehead atoms. The number of rotatable bonds is 4. The minimum absolute atomic E-state index is 0.0250. The van der Waals surface area contributed by atoms with E-state index in [4.69, 9.17) is 5.73 Å². The van der Waals surface area contributed by atoms with E-state index in [1.165, 1.54) is 5.56 Å². The highest BCUT2D eigenvalue weighted by Crippen LogP contribution is 2.15. The highest BCUT2D eigenvalue weighted by Gasteiger charge is 2.05. The molecule has 0 spiro atoms. The fourth-order valence-corrected chi connectivity index (χ4v) is 1.74. The van der Waals surface area contributed by atoms with E-state index in [9.17, 15) is 0 Å². The maximum Gasteiger partial charge on any atom is 0.128 e. The van der Waals surface area contributed by atoms with Gasteiger partial charge in [-0.05, 0) is 36.2 Å². The Morgan fingerprint density at radius 3 is 2.50 bits per heavy atom. The Kier molecular flexibility index (Phi) is 3.89. The molecule has 0 aromatic carbocycles. The van der Waals surface area contributed by atoms with Crippen LogP contribution >= 0.6 is 0 Å². The first-order valence-corrected chi connectivity index (χ1v) is 5.98. The lowest BCUT2D eigenvalue weighted by Gasteiger charge is -2.18. The maximum atomic E-state index is 5.80. The molecule has 0 saturated carbocycles. The van der Waals surface area contributed by atoms with Crippen LogP contribution in [0.2, 0.25) is 0 Å². The van der Waals surface area contributed by atoms with E-state index in [0.717, 1.165) is 17.9 Å². The highest BCUT2D eigenvalue weighted by atomic mass is 15.2. The number of nitrogens with two attached hydrogens (primary N) is 1. The smallest absolute Gasteiger partial charge is 0.128 e. The van der Waals surface area contributed by atoms with Crippen molar-refractivity contribution in [3.63, 3.8) is 0 Å². The molecule has 0 aliphatic heterocycles. The van der Waals surface area contributed by atoms with Crippen LogP contribution in [0, 0.1) is 0 Å². The molecule has 94 valence electrons. The molecule has 4 heteroatoms. The summed E-state index contributed by atoms with van der Waals surface area (Å²) < 4.78 is 0. The third-order valence-electron chi connectivity index (χ3n) is 2.86. The van der Waals surface area contributed by atoms with Gasteiger partial charge in [-0.1, -0.05) is 6.07 Å². The number of pyridine rings is 2. The van der Waals surface area contributed by atoms with E-state index in [0.29, 0.717) is 0 Å². The first kappa shape index (κ1) is 12.5. The number of nitrogens with zero attached hydrogens (tertiary/aromatic N) is 3. The van der Waals surface area contributed by atoms with Crippen LogP contribution in [0.15, 0.2) is 42.9 Å². The van der Waals surface area contributed by atoms with Gasteiger partial charge in [-0.3, -0.25) is 4.98 Å². The van der Waals surface area contributed by atoms with Crippen molar-refractivity contribution in [2.75, 3.05) is 11.9 Å². The van der Waals surface area contributed by atoms with Gasteiger partial charge < -0.3 is 10.6 Å². The summed E-state index contributed by atoms with van der Waals surface area (Å²) >= 11 is 0. The van der Waals surface area contributed by atoms with Gasteiger partial charge in [-0.25, -0.2) is 4.98 Å². The molecule has 2 heterocycles. The molecule has 2 aromatic heterocycles. The van der Waals surface area contributed by atoms with Crippen molar-refractivity contribution in [2.45, 2.75) is 19.5 Å². The third kappa shape index (κ3) is 3.05. The SMILES string of the molecule is CC(N)c1ccc(N(C)Cc2ccncc2)nc1. The van der Waals surface area contributed by atoms with Gasteiger partial charge in [0.25, 0.3) is 0 Å². The molecule has 4 nitrogen and oxygen atoms in total. The normalized spacial score (nSPS) is 12.2. The highest BCUT2D eigenvalue weighted by molar-refractivity contribution is 5.39. The molecule has 1 atom stereocenters. The lowest BCUT2D eigenvalue weighted by molar-refractivity contribution is 0.807. The van der Waals surface area contributed by atoms with Gasteiger partial charge in [0.2, 0.25) is 0 Å². The topological polar surface area (TPSA) is 55.0 Å². The van der Waals surface area contributed by atoms with Crippen LogP contribution in [0.4, 0.5) is 5.82 Å². The number of hydrogen-bond acceptors (Lipinski definition) is 4. The van der Waals surface area contributed by atoms with E-state index in [1.54, 1.807) is 12.4 Å². The van der Waals surface area contributed by atoms with Gasteiger partial charge in [0, 0.05) is 38.2 Å². The summed E-state index contributed by atoms with van der Waals surface area (Å²) in [5.74, 6) is 0.941. The van der Waals surface area contributed by atoms with Crippen LogP contribution in [0.25, 0.3) is 0 Å². The quantitative estimate of drug-likeness (QED) is 0.892. The van der Waals surface area contributed by atoms with Crippen molar-refractivity contribution in [2.24, 2.45) is 5.73 Å². The average molecular weight is 242 g/mol. The average Bonchev–Trinajstić information content (AvgIpc) is 2.40. The van der Waals surface area contributed by atoms with Crippen molar-refractivity contribution in [3.8, 4) is 0 Å². The zero-order valence-corrected chi connectivity index (χ0v) is 10.7. The fraction of sp³-hybridized carbons (Fsp3) is 0.286. The summed E-state index contributed by atoms with van der Waals surface area (Å²) in [6, 6.07) is 8.06. The van der Waals surface area contributed by atoms with Crippen molar-refractivity contribution in [1.29, 1.82) is 0 Å². The second kappa shape index (κ2) is 5.60. The molecule has 2 N–H and O–H groups in total. The lowest BCUT2D eigenvalue weighted by atomic mass is 10.1. The summed E-state index contributed by atoms with van der Waals surface area (Å²) in [6.45, 7) is 2.77. The van der Waals surface area contributed by atoms with Gasteiger partial charge in [-0.2, -0.15) is 0 Å². The molecule has 0 saturated heterocycles. The molecule has 0 amide bonds.